The number of alkyl halides is 18. The van der Waals surface area contributed by atoms with E-state index in [9.17, 15) is 138 Å². The van der Waals surface area contributed by atoms with Gasteiger partial charge in [-0.1, -0.05) is 92.4 Å². The van der Waals surface area contributed by atoms with Crippen LogP contribution in [0.3, 0.4) is 0 Å². The molecular formula is C86H70F18N6O16. The van der Waals surface area contributed by atoms with E-state index in [-0.39, 0.29) is 54.6 Å². The zero-order valence-corrected chi connectivity index (χ0v) is 64.4. The molecule has 8 unspecified atom stereocenters. The number of anilines is 4. The van der Waals surface area contributed by atoms with Crippen molar-refractivity contribution in [2.45, 2.75) is 49.9 Å². The maximum absolute atomic E-state index is 14.8. The molecule has 40 heteroatoms. The molecule has 10 N–H and O–H groups in total. The number of carbonyl (C=O) groups excluding carboxylic acids is 4. The number of carbonyl (C=O) groups is 8. The Kier molecular flexibility index (Phi) is 28.7. The van der Waals surface area contributed by atoms with Crippen molar-refractivity contribution in [3.8, 4) is 45.3 Å². The Bertz CT molecular complexity index is 5510. The second-order valence-corrected chi connectivity index (χ2v) is 27.6. The fourth-order valence-corrected chi connectivity index (χ4v) is 13.9. The van der Waals surface area contributed by atoms with Crippen molar-refractivity contribution in [1.82, 2.24) is 10.6 Å². The molecule has 0 spiro atoms. The van der Waals surface area contributed by atoms with Crippen molar-refractivity contribution in [2.24, 2.45) is 47.3 Å². The number of ether oxygens (including phenoxy) is 4. The standard InChI is InChI=1S/C47H35F12N3O8.C38H31F6N3O8.CH4/c1-60-28-16-12-24(13-17-28)43(46(54,55)56,47(57,58)59)25-14-18-29(19-15-25)62-40(64)38-31(42(67)68)7-4-9-35(38)70-33-11-5-10-32(69-34-8-3-6-30(41(65)66)37(34)39(63)61-2)36(33)23-20-26(44(48,49)50)22-27(21-23)45(51,52)53;1-45-22-12-14-23(15-13-22)47-34(49)32-25(36(52)53)7-4-9-29(32)55-27-11-5-10-26(54-28-8-3-6-24(35(50)51)31(28)33(48)46-2)30(27)19-16-20(37(39,40)41)18-21(17-19)38(42,43)44;/h3-22,30-31,37-38,60H,1-2H3,(H,61,63)(H,62,64)(H,65,66)(H,67,68);3-18,24-25,31-32,45H,1-2H3,(H,46,48)(H,47,49)(H,50,51)(H,52,53);1H4. The monoisotopic (exact) mass is 1780 g/mol. The lowest BCUT2D eigenvalue weighted by atomic mass is 9.73. The van der Waals surface area contributed by atoms with Gasteiger partial charge >= 0.3 is 60.9 Å². The van der Waals surface area contributed by atoms with Crippen molar-refractivity contribution in [2.75, 3.05) is 49.5 Å². The minimum absolute atomic E-state index is 0. The van der Waals surface area contributed by atoms with E-state index in [1.54, 1.807) is 19.2 Å². The van der Waals surface area contributed by atoms with Crippen LogP contribution in [0.2, 0.25) is 0 Å². The van der Waals surface area contributed by atoms with Gasteiger partial charge in [-0.2, -0.15) is 79.0 Å². The van der Waals surface area contributed by atoms with Crippen molar-refractivity contribution in [1.29, 1.82) is 0 Å². The Labute approximate surface area is 702 Å². The first kappa shape index (κ1) is 95.6. The molecule has 11 rings (SSSR count). The van der Waals surface area contributed by atoms with Gasteiger partial charge in [0.05, 0.1) is 57.1 Å². The van der Waals surface area contributed by atoms with Gasteiger partial charge in [-0.15, -0.1) is 0 Å². The molecule has 7 aromatic rings. The fourth-order valence-electron chi connectivity index (χ4n) is 13.9. The molecule has 666 valence electrons. The number of allylic oxidation sites excluding steroid dienone is 8. The van der Waals surface area contributed by atoms with Crippen molar-refractivity contribution < 1.29 is 157 Å². The van der Waals surface area contributed by atoms with E-state index in [4.69, 9.17) is 18.9 Å². The molecule has 7 aromatic carbocycles. The fraction of sp³-hybridized carbons (Fsp3) is 0.233. The highest BCUT2D eigenvalue weighted by molar-refractivity contribution is 5.99. The van der Waals surface area contributed by atoms with E-state index < -0.39 is 233 Å². The van der Waals surface area contributed by atoms with Crippen LogP contribution in [0.15, 0.2) is 242 Å². The predicted molar refractivity (Wildman–Crippen MR) is 417 cm³/mol. The number of nitrogens with one attached hydrogen (secondary N) is 6. The second kappa shape index (κ2) is 37.8. The normalized spacial score (nSPS) is 18.8. The number of benzene rings is 7. The third-order valence-corrected chi connectivity index (χ3v) is 19.9. The lowest BCUT2D eigenvalue weighted by Crippen LogP contribution is -2.54. The Hall–Kier alpha value is -14.2. The zero-order valence-electron chi connectivity index (χ0n) is 64.4. The number of carboxylic acid groups (broad SMARTS) is 4. The minimum Gasteiger partial charge on any atom is -0.481 e. The molecule has 4 aliphatic carbocycles. The Balaban J connectivity index is 0.000000291. The third kappa shape index (κ3) is 20.8. The summed E-state index contributed by atoms with van der Waals surface area (Å²) in [5.74, 6) is -27.5. The van der Waals surface area contributed by atoms with Gasteiger partial charge in [-0.25, -0.2) is 0 Å². The highest BCUT2D eigenvalue weighted by Crippen LogP contribution is 2.57. The molecule has 0 heterocycles. The van der Waals surface area contributed by atoms with Crippen LogP contribution in [0.4, 0.5) is 102 Å². The van der Waals surface area contributed by atoms with E-state index in [0.29, 0.717) is 54.2 Å². The molecule has 0 fully saturated rings. The number of carboxylic acids is 4. The van der Waals surface area contributed by atoms with Crippen LogP contribution in [0, 0.1) is 47.3 Å². The summed E-state index contributed by atoms with van der Waals surface area (Å²) in [4.78, 5) is 103. The third-order valence-electron chi connectivity index (χ3n) is 19.9. The minimum atomic E-state index is -5.99. The molecule has 126 heavy (non-hydrogen) atoms. The smallest absolute Gasteiger partial charge is 0.416 e. The number of halogens is 18. The number of amides is 4. The van der Waals surface area contributed by atoms with Gasteiger partial charge in [0.2, 0.25) is 29.0 Å². The molecule has 4 aliphatic rings. The van der Waals surface area contributed by atoms with Gasteiger partial charge in [0.25, 0.3) is 0 Å². The first-order valence-corrected chi connectivity index (χ1v) is 36.4. The number of aliphatic carboxylic acids is 4. The van der Waals surface area contributed by atoms with Crippen LogP contribution in [-0.4, -0.2) is 108 Å². The average Bonchev–Trinajstić information content (AvgIpc) is 0.714. The zero-order chi connectivity index (χ0) is 92.0. The van der Waals surface area contributed by atoms with Crippen LogP contribution in [0.5, 0.6) is 23.0 Å². The highest BCUT2D eigenvalue weighted by atomic mass is 19.4. The highest BCUT2D eigenvalue weighted by Gasteiger charge is 2.72. The summed E-state index contributed by atoms with van der Waals surface area (Å²) in [6, 6.07) is 19.5. The van der Waals surface area contributed by atoms with E-state index in [1.165, 1.54) is 68.8 Å². The molecule has 0 aromatic heterocycles. The summed E-state index contributed by atoms with van der Waals surface area (Å²) >= 11 is 0. The molecular weight excluding hydrogens is 1710 g/mol. The largest absolute Gasteiger partial charge is 0.481 e. The number of hydrogen-bond donors (Lipinski definition) is 10. The SMILES string of the molecule is C.CNC(=O)C1C(Oc2cccc(OC3=CC=CC(C(=O)O)C3C(=O)Nc3ccc(C(c4ccc(NC)cc4)(C(F)(F)F)C(F)(F)F)cc3)c2-c2cc(C(F)(F)F)cc(C(F)(F)F)c2)=CC=CC1C(=O)O.CNC(=O)C1C(Oc2cccc(OC3=CC=CC(C(=O)O)C3C(=O)Nc3ccc(NC)cc3)c2-c2cc(C(F)(F)F)cc(C(F)(F)F)c2)=CC=CC1C(=O)O. The van der Waals surface area contributed by atoms with Crippen LogP contribution in [-0.2, 0) is 68.5 Å². The van der Waals surface area contributed by atoms with Crippen molar-refractivity contribution >= 4 is 70.3 Å². The first-order chi connectivity index (χ1) is 58.6. The maximum atomic E-state index is 14.8. The van der Waals surface area contributed by atoms with Gasteiger partial charge < -0.3 is 71.3 Å². The summed E-state index contributed by atoms with van der Waals surface area (Å²) in [5, 5.41) is 54.8. The molecule has 0 aliphatic heterocycles. The van der Waals surface area contributed by atoms with Gasteiger partial charge in [-0.05, 0) is 156 Å². The maximum Gasteiger partial charge on any atom is 0.416 e. The van der Waals surface area contributed by atoms with Gasteiger partial charge in [-0.3, -0.25) is 38.4 Å². The summed E-state index contributed by atoms with van der Waals surface area (Å²) in [6.45, 7) is 0. The number of hydrogen-bond acceptors (Lipinski definition) is 14. The van der Waals surface area contributed by atoms with E-state index >= 15 is 0 Å². The Morgan fingerprint density at radius 2 is 0.540 bits per heavy atom. The van der Waals surface area contributed by atoms with Crippen LogP contribution in [0.25, 0.3) is 22.3 Å². The number of rotatable bonds is 24. The molecule has 0 bridgehead atoms. The summed E-state index contributed by atoms with van der Waals surface area (Å²) in [5.41, 5.74) is -16.4. The van der Waals surface area contributed by atoms with Gasteiger partial charge in [0.15, 0.2) is 0 Å². The topological polar surface area (TPSA) is 327 Å². The molecule has 22 nitrogen and oxygen atoms in total. The Morgan fingerprint density at radius 3 is 0.762 bits per heavy atom. The molecule has 8 atom stereocenters. The lowest BCUT2D eigenvalue weighted by molar-refractivity contribution is -0.288. The molecule has 4 amide bonds. The molecule has 0 saturated carbocycles. The summed E-state index contributed by atoms with van der Waals surface area (Å²) in [7, 11) is 5.42. The molecule has 0 radical (unpaired) electrons. The van der Waals surface area contributed by atoms with Crippen LogP contribution < -0.4 is 50.8 Å². The first-order valence-electron chi connectivity index (χ1n) is 36.4. The van der Waals surface area contributed by atoms with Crippen molar-refractivity contribution in [3.63, 3.8) is 0 Å². The lowest BCUT2D eigenvalue weighted by Gasteiger charge is -2.38. The second-order valence-electron chi connectivity index (χ2n) is 27.6. The van der Waals surface area contributed by atoms with E-state index in [2.05, 4.69) is 31.9 Å². The van der Waals surface area contributed by atoms with E-state index in [0.717, 1.165) is 86.0 Å². The van der Waals surface area contributed by atoms with Crippen LogP contribution >= 0.6 is 0 Å². The average molecular weight is 1790 g/mol. The Morgan fingerprint density at radius 1 is 0.310 bits per heavy atom. The quantitative estimate of drug-likeness (QED) is 0.0251. The van der Waals surface area contributed by atoms with Gasteiger partial charge in [0.1, 0.15) is 69.7 Å². The van der Waals surface area contributed by atoms with E-state index in [1.807, 2.05) is 0 Å². The predicted octanol–water partition coefficient (Wildman–Crippen LogP) is 18.3. The molecule has 0 saturated heterocycles. The van der Waals surface area contributed by atoms with Crippen molar-refractivity contribution in [3.05, 3.63) is 275 Å². The summed E-state index contributed by atoms with van der Waals surface area (Å²) in [6.07, 6.45) is -19.6. The summed E-state index contributed by atoms with van der Waals surface area (Å²) < 4.78 is 283. The van der Waals surface area contributed by atoms with Gasteiger partial charge in [0, 0.05) is 50.9 Å². The van der Waals surface area contributed by atoms with Crippen LogP contribution in [0.1, 0.15) is 40.8 Å².